The Kier molecular flexibility index (Phi) is 25.6. The van der Waals surface area contributed by atoms with Crippen LogP contribution in [0.5, 0.6) is 0 Å². The van der Waals surface area contributed by atoms with Crippen molar-refractivity contribution in [2.75, 3.05) is 146 Å². The lowest BCUT2D eigenvalue weighted by atomic mass is 10.2. The molecule has 2 aliphatic rings. The van der Waals surface area contributed by atoms with Crippen LogP contribution in [0.15, 0.2) is 0 Å². The van der Waals surface area contributed by atoms with E-state index < -0.39 is 6.10 Å². The second-order valence-electron chi connectivity index (χ2n) is 14.9. The maximum Gasteiger partial charge on any atom is 0.307 e. The number of methoxy groups -OCH3 is 1. The number of nitrogens with zero attached hydrogens (tertiary/aromatic N) is 6. The molecular formula is C39H74N6O9. The van der Waals surface area contributed by atoms with Crippen LogP contribution in [0.1, 0.15) is 72.1 Å². The summed E-state index contributed by atoms with van der Waals surface area (Å²) in [5, 5.41) is 0. The molecule has 0 aliphatic carbocycles. The molecule has 0 aromatic heterocycles. The molecule has 2 unspecified atom stereocenters. The SMILES string of the molecule is CCC(C)OC(=O)CCN(CCCN1CCN(C)CC1)CCC(=O)OCCC(C)OC(=O)CCN(CCCN1CCN(C)CC1)CCC(=O)OCCOC. The van der Waals surface area contributed by atoms with Crippen molar-refractivity contribution >= 4 is 23.9 Å². The van der Waals surface area contributed by atoms with Gasteiger partial charge in [-0.15, -0.1) is 0 Å². The second kappa shape index (κ2) is 28.9. The Hall–Kier alpha value is -2.40. The van der Waals surface area contributed by atoms with Gasteiger partial charge in [-0.05, 0) is 73.4 Å². The Morgan fingerprint density at radius 1 is 0.556 bits per heavy atom. The number of rotatable bonds is 29. The molecule has 0 radical (unpaired) electrons. The van der Waals surface area contributed by atoms with E-state index in [0.29, 0.717) is 39.2 Å². The van der Waals surface area contributed by atoms with Gasteiger partial charge in [-0.3, -0.25) is 19.2 Å². The summed E-state index contributed by atoms with van der Waals surface area (Å²) in [6.07, 6.45) is 3.50. The van der Waals surface area contributed by atoms with Crippen LogP contribution in [0.3, 0.4) is 0 Å². The van der Waals surface area contributed by atoms with Gasteiger partial charge in [-0.25, -0.2) is 0 Å². The van der Waals surface area contributed by atoms with E-state index in [1.807, 2.05) is 13.8 Å². The van der Waals surface area contributed by atoms with Crippen molar-refractivity contribution in [1.82, 2.24) is 29.4 Å². The fourth-order valence-corrected chi connectivity index (χ4v) is 6.28. The zero-order chi connectivity index (χ0) is 39.6. The monoisotopic (exact) mass is 771 g/mol. The van der Waals surface area contributed by atoms with Gasteiger partial charge in [0.25, 0.3) is 0 Å². The summed E-state index contributed by atoms with van der Waals surface area (Å²) in [7, 11) is 5.85. The fraction of sp³-hybridized carbons (Fsp3) is 0.897. The number of hydrogen-bond donors (Lipinski definition) is 0. The van der Waals surface area contributed by atoms with Crippen LogP contribution in [-0.4, -0.2) is 211 Å². The highest BCUT2D eigenvalue weighted by Crippen LogP contribution is 2.08. The van der Waals surface area contributed by atoms with Gasteiger partial charge >= 0.3 is 23.9 Å². The molecule has 54 heavy (non-hydrogen) atoms. The normalized spacial score (nSPS) is 17.4. The third-order valence-corrected chi connectivity index (χ3v) is 10.2. The van der Waals surface area contributed by atoms with Gasteiger partial charge in [0.2, 0.25) is 0 Å². The van der Waals surface area contributed by atoms with E-state index in [1.165, 1.54) is 0 Å². The number of carbonyl (C=O) groups is 4. The third-order valence-electron chi connectivity index (χ3n) is 10.2. The lowest BCUT2D eigenvalue weighted by molar-refractivity contribution is -0.151. The van der Waals surface area contributed by atoms with E-state index in [9.17, 15) is 19.2 Å². The lowest BCUT2D eigenvalue weighted by Crippen LogP contribution is -2.45. The standard InChI is InChI=1S/C39H74N6O9/c1-7-34(2)53-38(48)12-21-42(15-8-17-44-27-23-40(4)24-28-44)19-10-36(46)51-31-14-35(3)54-39(49)13-22-43(20-11-37(47)52-33-32-50-6)16-9-18-45-29-25-41(5)26-30-45/h34-35H,7-33H2,1-6H3. The van der Waals surface area contributed by atoms with Crippen molar-refractivity contribution in [1.29, 1.82) is 0 Å². The topological polar surface area (TPSA) is 134 Å². The molecule has 15 nitrogen and oxygen atoms in total. The van der Waals surface area contributed by atoms with Crippen LogP contribution in [0.2, 0.25) is 0 Å². The average molecular weight is 771 g/mol. The molecule has 0 aromatic carbocycles. The highest BCUT2D eigenvalue weighted by molar-refractivity contribution is 5.71. The number of esters is 4. The minimum absolute atomic E-state index is 0.106. The minimum Gasteiger partial charge on any atom is -0.465 e. The van der Waals surface area contributed by atoms with E-state index >= 15 is 0 Å². The van der Waals surface area contributed by atoms with Crippen molar-refractivity contribution in [2.24, 2.45) is 0 Å². The van der Waals surface area contributed by atoms with Gasteiger partial charge in [-0.1, -0.05) is 6.92 Å². The molecule has 2 rings (SSSR count). The van der Waals surface area contributed by atoms with Crippen molar-refractivity contribution in [2.45, 2.75) is 84.3 Å². The average Bonchev–Trinajstić information content (AvgIpc) is 3.14. The number of ether oxygens (including phenoxy) is 5. The summed E-state index contributed by atoms with van der Waals surface area (Å²) in [4.78, 5) is 63.9. The highest BCUT2D eigenvalue weighted by Gasteiger charge is 2.19. The molecule has 2 heterocycles. The molecular weight excluding hydrogens is 696 g/mol. The van der Waals surface area contributed by atoms with Crippen molar-refractivity contribution in [3.05, 3.63) is 0 Å². The summed E-state index contributed by atoms with van der Waals surface area (Å²) >= 11 is 0. The van der Waals surface area contributed by atoms with E-state index in [1.54, 1.807) is 14.0 Å². The van der Waals surface area contributed by atoms with E-state index in [4.69, 9.17) is 23.7 Å². The molecule has 0 amide bonds. The van der Waals surface area contributed by atoms with Crippen LogP contribution >= 0.6 is 0 Å². The summed E-state index contributed by atoms with van der Waals surface area (Å²) in [6, 6.07) is 0. The molecule has 2 fully saturated rings. The van der Waals surface area contributed by atoms with Crippen LogP contribution in [-0.2, 0) is 42.9 Å². The van der Waals surface area contributed by atoms with Crippen molar-refractivity contribution in [3.8, 4) is 0 Å². The molecule has 2 saturated heterocycles. The predicted octanol–water partition coefficient (Wildman–Crippen LogP) is 1.82. The predicted molar refractivity (Wildman–Crippen MR) is 208 cm³/mol. The number of piperazine rings is 2. The molecule has 0 aromatic rings. The Morgan fingerprint density at radius 3 is 1.39 bits per heavy atom. The van der Waals surface area contributed by atoms with Crippen LogP contribution in [0.4, 0.5) is 0 Å². The summed E-state index contributed by atoms with van der Waals surface area (Å²) in [5.74, 6) is -1.13. The summed E-state index contributed by atoms with van der Waals surface area (Å²) in [5.41, 5.74) is 0. The molecule has 2 atom stereocenters. The zero-order valence-corrected chi connectivity index (χ0v) is 34.6. The van der Waals surface area contributed by atoms with Crippen molar-refractivity contribution < 1.29 is 42.9 Å². The maximum atomic E-state index is 12.8. The Labute approximate surface area is 325 Å². The molecule has 15 heteroatoms. The third kappa shape index (κ3) is 23.5. The van der Waals surface area contributed by atoms with Gasteiger partial charge in [0.1, 0.15) is 12.7 Å². The van der Waals surface area contributed by atoms with E-state index in [2.05, 4.69) is 43.5 Å². The van der Waals surface area contributed by atoms with Gasteiger partial charge in [0.15, 0.2) is 0 Å². The number of hydrogen-bond acceptors (Lipinski definition) is 15. The Bertz CT molecular complexity index is 1040. The number of carbonyl (C=O) groups excluding carboxylic acids is 4. The lowest BCUT2D eigenvalue weighted by Gasteiger charge is -2.33. The summed E-state index contributed by atoms with van der Waals surface area (Å²) < 4.78 is 26.8. The molecule has 0 N–H and O–H groups in total. The second-order valence-corrected chi connectivity index (χ2v) is 14.9. The Balaban J connectivity index is 1.72. The Morgan fingerprint density at radius 2 is 0.963 bits per heavy atom. The van der Waals surface area contributed by atoms with Crippen molar-refractivity contribution in [3.63, 3.8) is 0 Å². The quantitative estimate of drug-likeness (QED) is 0.0622. The first-order chi connectivity index (χ1) is 26.0. The van der Waals surface area contributed by atoms with Crippen LogP contribution < -0.4 is 0 Å². The maximum absolute atomic E-state index is 12.8. The molecule has 314 valence electrons. The van der Waals surface area contributed by atoms with Gasteiger partial charge in [-0.2, -0.15) is 0 Å². The van der Waals surface area contributed by atoms with Crippen LogP contribution in [0, 0.1) is 0 Å². The first-order valence-electron chi connectivity index (χ1n) is 20.4. The smallest absolute Gasteiger partial charge is 0.307 e. The first-order valence-corrected chi connectivity index (χ1v) is 20.4. The molecule has 0 saturated carbocycles. The highest BCUT2D eigenvalue weighted by atomic mass is 16.6. The van der Waals surface area contributed by atoms with Crippen LogP contribution in [0.25, 0.3) is 0 Å². The van der Waals surface area contributed by atoms with E-state index in [-0.39, 0.29) is 68.9 Å². The van der Waals surface area contributed by atoms with E-state index in [0.717, 1.165) is 97.8 Å². The first kappa shape index (κ1) is 47.8. The fourth-order valence-electron chi connectivity index (χ4n) is 6.28. The van der Waals surface area contributed by atoms with Gasteiger partial charge in [0.05, 0.1) is 45.0 Å². The minimum atomic E-state index is -0.408. The zero-order valence-electron chi connectivity index (χ0n) is 34.6. The van der Waals surface area contributed by atoms with Gasteiger partial charge < -0.3 is 53.1 Å². The molecule has 0 bridgehead atoms. The largest absolute Gasteiger partial charge is 0.465 e. The number of likely N-dealkylation sites (N-methyl/N-ethyl adjacent to an activating group) is 2. The molecule has 0 spiro atoms. The molecule has 2 aliphatic heterocycles. The van der Waals surface area contributed by atoms with Gasteiger partial charge in [0, 0.05) is 92.1 Å². The summed E-state index contributed by atoms with van der Waals surface area (Å²) in [6.45, 7) is 20.4.